The molecule has 0 aromatic heterocycles. The van der Waals surface area contributed by atoms with Crippen molar-refractivity contribution < 1.29 is 47.6 Å². The quantitative estimate of drug-likeness (QED) is 0.398. The Kier molecular flexibility index (Phi) is 8.69. The highest BCUT2D eigenvalue weighted by molar-refractivity contribution is 6.04. The molecule has 12 nitrogen and oxygen atoms in total. The van der Waals surface area contributed by atoms with E-state index in [1.54, 1.807) is 0 Å². The summed E-state index contributed by atoms with van der Waals surface area (Å²) in [6.45, 7) is 0.927. The summed E-state index contributed by atoms with van der Waals surface area (Å²) in [5.74, 6) is -3.95. The first-order valence-corrected chi connectivity index (χ1v) is 12.0. The predicted molar refractivity (Wildman–Crippen MR) is 131 cm³/mol. The molecule has 0 bridgehead atoms. The Morgan fingerprint density at radius 2 is 1.77 bits per heavy atom. The molecule has 0 spiro atoms. The highest BCUT2D eigenvalue weighted by Gasteiger charge is 2.39. The highest BCUT2D eigenvalue weighted by Crippen LogP contribution is 2.25. The molecule has 0 radical (unpaired) electrons. The van der Waals surface area contributed by atoms with E-state index in [0.717, 1.165) is 12.1 Å². The van der Waals surface area contributed by atoms with Crippen molar-refractivity contribution in [1.82, 2.24) is 10.2 Å². The van der Waals surface area contributed by atoms with Gasteiger partial charge in [0, 0.05) is 43.1 Å². The average molecular weight is 548 g/mol. The maximum absolute atomic E-state index is 14.5. The number of ether oxygens (including phenoxy) is 2. The molecule has 4 rings (SSSR count). The van der Waals surface area contributed by atoms with Crippen molar-refractivity contribution in [3.05, 3.63) is 59.2 Å². The van der Waals surface area contributed by atoms with Gasteiger partial charge in [-0.3, -0.25) is 14.4 Å². The Morgan fingerprint density at radius 3 is 2.46 bits per heavy atom. The van der Waals surface area contributed by atoms with Gasteiger partial charge in [-0.05, 0) is 30.3 Å². The summed E-state index contributed by atoms with van der Waals surface area (Å²) in [5.41, 5.74) is -0.0530. The first-order valence-electron chi connectivity index (χ1n) is 12.0. The first kappa shape index (κ1) is 27.9. The summed E-state index contributed by atoms with van der Waals surface area (Å²) < 4.78 is 39.4. The van der Waals surface area contributed by atoms with Crippen LogP contribution in [0.3, 0.4) is 0 Å². The first-order chi connectivity index (χ1) is 18.7. The van der Waals surface area contributed by atoms with E-state index in [0.29, 0.717) is 26.3 Å². The number of aliphatic hydroxyl groups excluding tert-OH is 1. The fourth-order valence-corrected chi connectivity index (χ4v) is 4.16. The van der Waals surface area contributed by atoms with E-state index in [1.165, 1.54) is 34.1 Å². The highest BCUT2D eigenvalue weighted by atomic mass is 19.1. The lowest BCUT2D eigenvalue weighted by Crippen LogP contribution is -2.55. The van der Waals surface area contributed by atoms with Crippen LogP contribution in [0.5, 0.6) is 0 Å². The Balaban J connectivity index is 1.45. The average Bonchev–Trinajstić information content (AvgIpc) is 2.92. The lowest BCUT2D eigenvalue weighted by Gasteiger charge is -2.34. The molecule has 39 heavy (non-hydrogen) atoms. The van der Waals surface area contributed by atoms with Gasteiger partial charge in [0.2, 0.25) is 0 Å². The zero-order valence-electron chi connectivity index (χ0n) is 20.6. The Bertz CT molecular complexity index is 1270. The number of amides is 4. The van der Waals surface area contributed by atoms with Gasteiger partial charge in [0.15, 0.2) is 12.2 Å². The predicted octanol–water partition coefficient (Wildman–Crippen LogP) is 0.936. The van der Waals surface area contributed by atoms with Crippen LogP contribution in [-0.4, -0.2) is 90.6 Å². The van der Waals surface area contributed by atoms with Crippen molar-refractivity contribution in [3.8, 4) is 0 Å². The van der Waals surface area contributed by atoms with E-state index in [-0.39, 0.29) is 42.2 Å². The third-order valence-electron chi connectivity index (χ3n) is 6.22. The number of hydrogen-bond donors (Lipinski definition) is 4. The van der Waals surface area contributed by atoms with Gasteiger partial charge in [-0.1, -0.05) is 6.07 Å². The van der Waals surface area contributed by atoms with Crippen LogP contribution in [0.15, 0.2) is 36.4 Å². The van der Waals surface area contributed by atoms with Crippen molar-refractivity contribution >= 4 is 35.2 Å². The fourth-order valence-electron chi connectivity index (χ4n) is 4.16. The molecule has 2 atom stereocenters. The number of morpholine rings is 2. The Hall–Kier alpha value is -4.14. The SMILES string of the molecule is O=C(O)NCc1ccc(NC(=O)[C@H](O)[C@H]2OCCN(c3ccc(F)c(C(=O)N4CCOCC4)c3)C2=O)cc1F. The second-order valence-electron chi connectivity index (χ2n) is 8.75. The molecule has 0 aliphatic carbocycles. The standard InChI is InChI=1S/C25H26F2N4O8/c26-18-4-3-16(12-17(18)23(34)30-5-8-38-9-6-30)31-7-10-39-21(24(31)35)20(32)22(33)29-15-2-1-14(19(27)11-15)13-28-25(36)37/h1-4,11-12,20-21,28,32H,5-10,13H2,(H,29,33)(H,36,37)/t20-,21-/m1/s1. The third-order valence-corrected chi connectivity index (χ3v) is 6.22. The van der Waals surface area contributed by atoms with Gasteiger partial charge in [0.05, 0.1) is 25.4 Å². The van der Waals surface area contributed by atoms with Crippen LogP contribution in [0.4, 0.5) is 25.0 Å². The Labute approximate surface area is 221 Å². The zero-order valence-corrected chi connectivity index (χ0v) is 20.6. The van der Waals surface area contributed by atoms with Gasteiger partial charge >= 0.3 is 6.09 Å². The maximum atomic E-state index is 14.5. The van der Waals surface area contributed by atoms with Crippen molar-refractivity contribution in [2.75, 3.05) is 49.7 Å². The molecule has 2 aliphatic rings. The Morgan fingerprint density at radius 1 is 1.03 bits per heavy atom. The van der Waals surface area contributed by atoms with Gasteiger partial charge in [-0.25, -0.2) is 13.6 Å². The number of carbonyl (C=O) groups is 4. The van der Waals surface area contributed by atoms with Crippen LogP contribution in [-0.2, 0) is 25.6 Å². The van der Waals surface area contributed by atoms with Gasteiger partial charge < -0.3 is 40.1 Å². The van der Waals surface area contributed by atoms with Gasteiger partial charge in [-0.2, -0.15) is 0 Å². The van der Waals surface area contributed by atoms with E-state index in [1.807, 2.05) is 5.32 Å². The number of carboxylic acid groups (broad SMARTS) is 1. The number of hydrogen-bond acceptors (Lipinski definition) is 7. The van der Waals surface area contributed by atoms with Crippen LogP contribution in [0.25, 0.3) is 0 Å². The van der Waals surface area contributed by atoms with Gasteiger partial charge in [0.25, 0.3) is 17.7 Å². The molecular formula is C25H26F2N4O8. The molecule has 14 heteroatoms. The van der Waals surface area contributed by atoms with E-state index in [2.05, 4.69) is 5.32 Å². The second kappa shape index (κ2) is 12.1. The summed E-state index contributed by atoms with van der Waals surface area (Å²) in [7, 11) is 0. The van der Waals surface area contributed by atoms with Crippen LogP contribution < -0.4 is 15.5 Å². The number of anilines is 2. The summed E-state index contributed by atoms with van der Waals surface area (Å²) in [6, 6.07) is 7.10. The minimum Gasteiger partial charge on any atom is -0.465 e. The van der Waals surface area contributed by atoms with E-state index < -0.39 is 47.7 Å². The smallest absolute Gasteiger partial charge is 0.404 e. The summed E-state index contributed by atoms with van der Waals surface area (Å²) in [4.78, 5) is 51.9. The summed E-state index contributed by atoms with van der Waals surface area (Å²) in [6.07, 6.45) is -4.93. The topological polar surface area (TPSA) is 158 Å². The number of rotatable bonds is 7. The van der Waals surface area contributed by atoms with Crippen molar-refractivity contribution in [2.24, 2.45) is 0 Å². The molecule has 2 fully saturated rings. The second-order valence-corrected chi connectivity index (χ2v) is 8.75. The molecule has 2 aromatic carbocycles. The van der Waals surface area contributed by atoms with E-state index >= 15 is 0 Å². The monoisotopic (exact) mass is 548 g/mol. The minimum atomic E-state index is -1.98. The summed E-state index contributed by atoms with van der Waals surface area (Å²) >= 11 is 0. The number of nitrogens with one attached hydrogen (secondary N) is 2. The van der Waals surface area contributed by atoms with Crippen LogP contribution in [0, 0.1) is 11.6 Å². The molecule has 2 heterocycles. The molecule has 0 unspecified atom stereocenters. The normalized spacial score (nSPS) is 18.4. The van der Waals surface area contributed by atoms with Gasteiger partial charge in [0.1, 0.15) is 11.6 Å². The summed E-state index contributed by atoms with van der Waals surface area (Å²) in [5, 5.41) is 23.5. The molecule has 208 valence electrons. The largest absolute Gasteiger partial charge is 0.465 e. The maximum Gasteiger partial charge on any atom is 0.404 e. The van der Waals surface area contributed by atoms with E-state index in [4.69, 9.17) is 14.6 Å². The van der Waals surface area contributed by atoms with E-state index in [9.17, 15) is 33.1 Å². The molecule has 2 aromatic rings. The lowest BCUT2D eigenvalue weighted by atomic mass is 10.1. The zero-order chi connectivity index (χ0) is 28.1. The van der Waals surface area contributed by atoms with Crippen molar-refractivity contribution in [2.45, 2.75) is 18.8 Å². The van der Waals surface area contributed by atoms with Crippen LogP contribution >= 0.6 is 0 Å². The number of benzene rings is 2. The van der Waals surface area contributed by atoms with Crippen molar-refractivity contribution in [1.29, 1.82) is 0 Å². The molecule has 4 amide bonds. The van der Waals surface area contributed by atoms with Gasteiger partial charge in [-0.15, -0.1) is 0 Å². The molecule has 2 saturated heterocycles. The molecule has 0 saturated carbocycles. The number of carbonyl (C=O) groups excluding carboxylic acids is 3. The minimum absolute atomic E-state index is 0.0253. The third kappa shape index (κ3) is 6.47. The molecule has 4 N–H and O–H groups in total. The molecule has 2 aliphatic heterocycles. The van der Waals surface area contributed by atoms with Crippen LogP contribution in [0.2, 0.25) is 0 Å². The number of aliphatic hydroxyl groups is 1. The fraction of sp³-hybridized carbons (Fsp3) is 0.360. The lowest BCUT2D eigenvalue weighted by molar-refractivity contribution is -0.150. The number of halogens is 2. The number of nitrogens with zero attached hydrogens (tertiary/aromatic N) is 2. The van der Waals surface area contributed by atoms with Crippen LogP contribution in [0.1, 0.15) is 15.9 Å². The van der Waals surface area contributed by atoms with Crippen molar-refractivity contribution in [3.63, 3.8) is 0 Å². The molecular weight excluding hydrogens is 522 g/mol.